The van der Waals surface area contributed by atoms with E-state index in [1.54, 1.807) is 0 Å². The summed E-state index contributed by atoms with van der Waals surface area (Å²) in [5.41, 5.74) is 0.0434. The van der Waals surface area contributed by atoms with Gasteiger partial charge >= 0.3 is 0 Å². The van der Waals surface area contributed by atoms with Gasteiger partial charge in [-0.15, -0.1) is 0 Å². The fourth-order valence-electron chi connectivity index (χ4n) is 0.493. The fourth-order valence-corrected chi connectivity index (χ4v) is 0.597. The lowest BCUT2D eigenvalue weighted by atomic mass is 10.4. The van der Waals surface area contributed by atoms with Gasteiger partial charge in [-0.3, -0.25) is 9.78 Å². The zero-order chi connectivity index (χ0) is 7.56. The maximum absolute atomic E-state index is 12.4. The summed E-state index contributed by atoms with van der Waals surface area (Å²) < 4.78 is 12.4. The van der Waals surface area contributed by atoms with Gasteiger partial charge in [0.05, 0.1) is 5.02 Å². The Morgan fingerprint density at radius 1 is 1.70 bits per heavy atom. The van der Waals surface area contributed by atoms with E-state index in [9.17, 15) is 9.18 Å². The molecule has 0 aliphatic rings. The number of halogens is 2. The van der Waals surface area contributed by atoms with Crippen molar-refractivity contribution in [1.29, 1.82) is 0 Å². The Morgan fingerprint density at radius 3 is 2.90 bits per heavy atom. The topological polar surface area (TPSA) is 30.0 Å². The monoisotopic (exact) mass is 159 g/mol. The van der Waals surface area contributed by atoms with E-state index >= 15 is 0 Å². The molecular weight excluding hydrogens is 157 g/mol. The van der Waals surface area contributed by atoms with Gasteiger partial charge in [-0.1, -0.05) is 11.6 Å². The van der Waals surface area contributed by atoms with Gasteiger partial charge in [0, 0.05) is 12.3 Å². The molecule has 0 saturated heterocycles. The molecule has 0 spiro atoms. The van der Waals surface area contributed by atoms with Gasteiger partial charge in [-0.25, -0.2) is 4.39 Å². The number of pyridine rings is 1. The van der Waals surface area contributed by atoms with Gasteiger partial charge in [-0.05, 0) is 0 Å². The third kappa shape index (κ3) is 1.30. The Hall–Kier alpha value is -0.960. The van der Waals surface area contributed by atoms with Gasteiger partial charge in [0.25, 0.3) is 0 Å². The molecule has 1 heterocycles. The van der Waals surface area contributed by atoms with E-state index in [0.717, 1.165) is 12.3 Å². The number of carbonyl (C=O) groups is 1. The SMILES string of the molecule is O=Cc1cc(F)c(Cl)cn1. The Bertz CT molecular complexity index is 264. The lowest BCUT2D eigenvalue weighted by molar-refractivity contribution is 0.111. The zero-order valence-corrected chi connectivity index (χ0v) is 5.60. The maximum atomic E-state index is 12.4. The van der Waals surface area contributed by atoms with Crippen molar-refractivity contribution in [2.24, 2.45) is 0 Å². The molecule has 0 bridgehead atoms. The minimum atomic E-state index is -0.626. The Balaban J connectivity index is 3.16. The minimum absolute atomic E-state index is 0.0434. The second-order valence-electron chi connectivity index (χ2n) is 1.64. The summed E-state index contributed by atoms with van der Waals surface area (Å²) in [6.07, 6.45) is 1.56. The van der Waals surface area contributed by atoms with E-state index in [-0.39, 0.29) is 10.7 Å². The first-order chi connectivity index (χ1) is 4.74. The van der Waals surface area contributed by atoms with Gasteiger partial charge in [-0.2, -0.15) is 0 Å². The Kier molecular flexibility index (Phi) is 1.97. The van der Waals surface area contributed by atoms with Gasteiger partial charge in [0.2, 0.25) is 0 Å². The third-order valence-corrected chi connectivity index (χ3v) is 1.23. The number of rotatable bonds is 1. The van der Waals surface area contributed by atoms with E-state index in [2.05, 4.69) is 4.98 Å². The molecule has 1 aromatic heterocycles. The highest BCUT2D eigenvalue weighted by atomic mass is 35.5. The number of aldehydes is 1. The van der Waals surface area contributed by atoms with Crippen molar-refractivity contribution in [3.63, 3.8) is 0 Å². The van der Waals surface area contributed by atoms with Crippen LogP contribution in [0.3, 0.4) is 0 Å². The maximum Gasteiger partial charge on any atom is 0.168 e. The first-order valence-corrected chi connectivity index (χ1v) is 2.88. The van der Waals surface area contributed by atoms with E-state index in [1.165, 1.54) is 0 Å². The molecule has 52 valence electrons. The van der Waals surface area contributed by atoms with Crippen molar-refractivity contribution in [3.8, 4) is 0 Å². The number of aromatic nitrogens is 1. The van der Waals surface area contributed by atoms with Gasteiger partial charge in [0.15, 0.2) is 6.29 Å². The molecule has 0 radical (unpaired) electrons. The van der Waals surface area contributed by atoms with Crippen LogP contribution in [0.4, 0.5) is 4.39 Å². The highest BCUT2D eigenvalue weighted by Gasteiger charge is 1.99. The van der Waals surface area contributed by atoms with Gasteiger partial charge in [0.1, 0.15) is 11.5 Å². The first kappa shape index (κ1) is 7.15. The van der Waals surface area contributed by atoms with Crippen LogP contribution in [0.1, 0.15) is 10.5 Å². The number of hydrogen-bond acceptors (Lipinski definition) is 2. The predicted molar refractivity (Wildman–Crippen MR) is 34.6 cm³/mol. The largest absolute Gasteiger partial charge is 0.296 e. The van der Waals surface area contributed by atoms with E-state index in [0.29, 0.717) is 6.29 Å². The lowest BCUT2D eigenvalue weighted by Crippen LogP contribution is -1.87. The third-order valence-electron chi connectivity index (χ3n) is 0.950. The van der Waals surface area contributed by atoms with Crippen LogP contribution in [0.5, 0.6) is 0 Å². The molecule has 0 amide bonds. The molecule has 0 N–H and O–H groups in total. The minimum Gasteiger partial charge on any atom is -0.296 e. The van der Waals surface area contributed by atoms with Crippen molar-refractivity contribution in [3.05, 3.63) is 28.8 Å². The number of nitrogens with zero attached hydrogens (tertiary/aromatic N) is 1. The molecule has 1 aromatic rings. The van der Waals surface area contributed by atoms with E-state index < -0.39 is 5.82 Å². The van der Waals surface area contributed by atoms with Crippen molar-refractivity contribution < 1.29 is 9.18 Å². The first-order valence-electron chi connectivity index (χ1n) is 2.50. The van der Waals surface area contributed by atoms with Crippen LogP contribution in [-0.4, -0.2) is 11.3 Å². The van der Waals surface area contributed by atoms with E-state index in [4.69, 9.17) is 11.6 Å². The van der Waals surface area contributed by atoms with Crippen molar-refractivity contribution in [2.45, 2.75) is 0 Å². The quantitative estimate of drug-likeness (QED) is 0.584. The molecule has 0 aliphatic heterocycles. The molecule has 1 rings (SSSR count). The van der Waals surface area contributed by atoms with Crippen LogP contribution >= 0.6 is 11.6 Å². The Labute approximate surface area is 61.6 Å². The second-order valence-corrected chi connectivity index (χ2v) is 2.05. The molecule has 0 saturated carbocycles. The summed E-state index contributed by atoms with van der Waals surface area (Å²) in [6.45, 7) is 0. The second kappa shape index (κ2) is 2.75. The smallest absolute Gasteiger partial charge is 0.168 e. The fraction of sp³-hybridized carbons (Fsp3) is 0. The van der Waals surface area contributed by atoms with Gasteiger partial charge < -0.3 is 0 Å². The van der Waals surface area contributed by atoms with E-state index in [1.807, 2.05) is 0 Å². The zero-order valence-electron chi connectivity index (χ0n) is 4.84. The summed E-state index contributed by atoms with van der Waals surface area (Å²) >= 11 is 5.28. The molecular formula is C6H3ClFNO. The average Bonchev–Trinajstić information content (AvgIpc) is 1.95. The average molecular weight is 160 g/mol. The highest BCUT2D eigenvalue weighted by molar-refractivity contribution is 6.30. The summed E-state index contributed by atoms with van der Waals surface area (Å²) in [4.78, 5) is 13.5. The molecule has 0 aliphatic carbocycles. The molecule has 0 fully saturated rings. The van der Waals surface area contributed by atoms with Crippen molar-refractivity contribution in [1.82, 2.24) is 4.98 Å². The predicted octanol–water partition coefficient (Wildman–Crippen LogP) is 1.69. The summed E-state index contributed by atoms with van der Waals surface area (Å²) in [7, 11) is 0. The highest BCUT2D eigenvalue weighted by Crippen LogP contribution is 2.11. The van der Waals surface area contributed by atoms with Crippen molar-refractivity contribution >= 4 is 17.9 Å². The van der Waals surface area contributed by atoms with Crippen LogP contribution in [0, 0.1) is 5.82 Å². The molecule has 0 aromatic carbocycles. The van der Waals surface area contributed by atoms with Crippen LogP contribution in [0.2, 0.25) is 5.02 Å². The number of hydrogen-bond donors (Lipinski definition) is 0. The Morgan fingerprint density at radius 2 is 2.40 bits per heavy atom. The van der Waals surface area contributed by atoms with Crippen molar-refractivity contribution in [2.75, 3.05) is 0 Å². The molecule has 2 nitrogen and oxygen atoms in total. The van der Waals surface area contributed by atoms with Crippen LogP contribution in [-0.2, 0) is 0 Å². The summed E-state index contributed by atoms with van der Waals surface area (Å²) in [6, 6.07) is 0.981. The lowest BCUT2D eigenvalue weighted by Gasteiger charge is -1.91. The molecule has 4 heteroatoms. The normalized spacial score (nSPS) is 9.40. The van der Waals surface area contributed by atoms with Crippen LogP contribution in [0.15, 0.2) is 12.3 Å². The summed E-state index contributed by atoms with van der Waals surface area (Å²) in [5.74, 6) is -0.626. The molecule has 10 heavy (non-hydrogen) atoms. The number of carbonyl (C=O) groups excluding carboxylic acids is 1. The van der Waals surface area contributed by atoms with Crippen LogP contribution in [0.25, 0.3) is 0 Å². The summed E-state index contributed by atoms with van der Waals surface area (Å²) in [5, 5.41) is -0.0781. The standard InChI is InChI=1S/C6H3ClFNO/c7-5-2-9-4(3-10)1-6(5)8/h1-3H. The molecule has 0 unspecified atom stereocenters. The molecule has 0 atom stereocenters. The van der Waals surface area contributed by atoms with Crippen LogP contribution < -0.4 is 0 Å².